The van der Waals surface area contributed by atoms with E-state index in [4.69, 9.17) is 0 Å². The van der Waals surface area contributed by atoms with Gasteiger partial charge in [0.25, 0.3) is 0 Å². The zero-order valence-electron chi connectivity index (χ0n) is 9.15. The third-order valence-electron chi connectivity index (χ3n) is 2.40. The summed E-state index contributed by atoms with van der Waals surface area (Å²) in [5.41, 5.74) is 0.892. The number of nitrogens with zero attached hydrogens (tertiary/aromatic N) is 1. The quantitative estimate of drug-likeness (QED) is 0.868. The lowest BCUT2D eigenvalue weighted by Gasteiger charge is -2.07. The molecule has 1 N–H and O–H groups in total. The second-order valence-electron chi connectivity index (χ2n) is 3.74. The van der Waals surface area contributed by atoms with E-state index in [-0.39, 0.29) is 0 Å². The van der Waals surface area contributed by atoms with Gasteiger partial charge >= 0.3 is 0 Å². The second kappa shape index (κ2) is 5.61. The van der Waals surface area contributed by atoms with Crippen molar-refractivity contribution in [3.63, 3.8) is 0 Å². The summed E-state index contributed by atoms with van der Waals surface area (Å²) in [6.07, 6.45) is 1.80. The van der Waals surface area contributed by atoms with Gasteiger partial charge in [0.2, 0.25) is 0 Å². The molecule has 0 aliphatic carbocycles. The van der Waals surface area contributed by atoms with E-state index in [9.17, 15) is 5.11 Å². The molecular formula is C12H11Br2NOS. The predicted octanol–water partition coefficient (Wildman–Crippen LogP) is 4.25. The lowest BCUT2D eigenvalue weighted by atomic mass is 10.1. The zero-order chi connectivity index (χ0) is 12.4. The van der Waals surface area contributed by atoms with Crippen LogP contribution >= 0.6 is 43.2 Å². The first kappa shape index (κ1) is 13.2. The van der Waals surface area contributed by atoms with Gasteiger partial charge in [0.05, 0.1) is 6.10 Å². The van der Waals surface area contributed by atoms with Gasteiger partial charge in [0.15, 0.2) is 0 Å². The summed E-state index contributed by atoms with van der Waals surface area (Å²) in [4.78, 5) is 6.41. The van der Waals surface area contributed by atoms with Gasteiger partial charge in [0.1, 0.15) is 0 Å². The van der Waals surface area contributed by atoms with Gasteiger partial charge in [-0.1, -0.05) is 0 Å². The van der Waals surface area contributed by atoms with Crippen LogP contribution in [0.25, 0.3) is 0 Å². The second-order valence-corrected chi connectivity index (χ2v) is 6.80. The van der Waals surface area contributed by atoms with Crippen LogP contribution in [0, 0.1) is 6.92 Å². The summed E-state index contributed by atoms with van der Waals surface area (Å²) in [5, 5.41) is 10.1. The van der Waals surface area contributed by atoms with Crippen molar-refractivity contribution in [2.24, 2.45) is 0 Å². The van der Waals surface area contributed by atoms with E-state index in [1.54, 1.807) is 17.5 Å². The van der Waals surface area contributed by atoms with E-state index in [2.05, 4.69) is 36.8 Å². The van der Waals surface area contributed by atoms with Crippen LogP contribution < -0.4 is 0 Å². The van der Waals surface area contributed by atoms with Crippen molar-refractivity contribution in [2.45, 2.75) is 19.4 Å². The molecule has 0 radical (unpaired) electrons. The number of thiophene rings is 1. The number of hydrogen-bond acceptors (Lipinski definition) is 3. The van der Waals surface area contributed by atoms with Crippen LogP contribution in [0.1, 0.15) is 21.6 Å². The van der Waals surface area contributed by atoms with Crippen molar-refractivity contribution in [3.05, 3.63) is 48.8 Å². The average Bonchev–Trinajstić information content (AvgIpc) is 2.63. The van der Waals surface area contributed by atoms with E-state index in [1.807, 2.05) is 25.1 Å². The number of rotatable bonds is 3. The van der Waals surface area contributed by atoms with Crippen LogP contribution in [-0.2, 0) is 6.42 Å². The van der Waals surface area contributed by atoms with Gasteiger partial charge in [-0.25, -0.2) is 0 Å². The van der Waals surface area contributed by atoms with E-state index < -0.39 is 6.10 Å². The molecule has 1 atom stereocenters. The Bertz CT molecular complexity index is 490. The minimum atomic E-state index is -0.487. The number of aliphatic hydroxyl groups is 1. The topological polar surface area (TPSA) is 33.1 Å². The molecule has 2 heterocycles. The molecule has 0 saturated carbocycles. The smallest absolute Gasteiger partial charge is 0.0937 e. The van der Waals surface area contributed by atoms with Gasteiger partial charge in [-0.2, -0.15) is 0 Å². The van der Waals surface area contributed by atoms with Crippen LogP contribution in [0.4, 0.5) is 0 Å². The monoisotopic (exact) mass is 375 g/mol. The Morgan fingerprint density at radius 1 is 1.41 bits per heavy atom. The minimum Gasteiger partial charge on any atom is -0.387 e. The fourth-order valence-corrected chi connectivity index (χ4v) is 3.25. The molecule has 17 heavy (non-hydrogen) atoms. The van der Waals surface area contributed by atoms with Crippen molar-refractivity contribution in [3.8, 4) is 0 Å². The average molecular weight is 377 g/mol. The largest absolute Gasteiger partial charge is 0.387 e. The van der Waals surface area contributed by atoms with Gasteiger partial charge in [-0.05, 0) is 57.0 Å². The molecule has 5 heteroatoms. The van der Waals surface area contributed by atoms with Crippen LogP contribution in [-0.4, -0.2) is 10.1 Å². The molecule has 0 spiro atoms. The normalized spacial score (nSPS) is 12.7. The maximum atomic E-state index is 10.1. The predicted molar refractivity (Wildman–Crippen MR) is 77.4 cm³/mol. The molecule has 0 aliphatic rings. The van der Waals surface area contributed by atoms with E-state index in [1.165, 1.54) is 4.88 Å². The summed E-state index contributed by atoms with van der Waals surface area (Å²) in [6.45, 7) is 2.03. The van der Waals surface area contributed by atoms with E-state index >= 15 is 0 Å². The molecule has 0 aromatic carbocycles. The molecule has 2 aromatic rings. The highest BCUT2D eigenvalue weighted by Gasteiger charge is 2.13. The highest BCUT2D eigenvalue weighted by molar-refractivity contribution is 9.10. The summed E-state index contributed by atoms with van der Waals surface area (Å²) in [5.74, 6) is 0. The first-order valence-electron chi connectivity index (χ1n) is 5.10. The number of halogens is 2. The Hall–Kier alpha value is -0.230. The molecule has 0 bridgehead atoms. The third kappa shape index (κ3) is 3.37. The molecule has 0 fully saturated rings. The van der Waals surface area contributed by atoms with E-state index in [0.717, 1.165) is 19.5 Å². The highest BCUT2D eigenvalue weighted by atomic mass is 79.9. The van der Waals surface area contributed by atoms with Gasteiger partial charge < -0.3 is 5.11 Å². The van der Waals surface area contributed by atoms with Crippen molar-refractivity contribution in [1.82, 2.24) is 4.98 Å². The van der Waals surface area contributed by atoms with Crippen LogP contribution in [0.15, 0.2) is 33.3 Å². The number of pyridine rings is 1. The molecule has 2 rings (SSSR count). The lowest BCUT2D eigenvalue weighted by molar-refractivity contribution is 0.181. The summed E-state index contributed by atoms with van der Waals surface area (Å²) in [6, 6.07) is 5.83. The van der Waals surface area contributed by atoms with Crippen molar-refractivity contribution < 1.29 is 5.11 Å². The van der Waals surface area contributed by atoms with Gasteiger partial charge in [-0.15, -0.1) is 11.3 Å². The molecule has 0 saturated heterocycles. The minimum absolute atomic E-state index is 0.487. The Labute approximate surface area is 121 Å². The number of hydrogen-bond donors (Lipinski definition) is 1. The van der Waals surface area contributed by atoms with Crippen molar-refractivity contribution in [2.75, 3.05) is 0 Å². The lowest BCUT2D eigenvalue weighted by Crippen LogP contribution is -2.01. The Morgan fingerprint density at radius 2 is 2.18 bits per heavy atom. The summed E-state index contributed by atoms with van der Waals surface area (Å²) in [7, 11) is 0. The summed E-state index contributed by atoms with van der Waals surface area (Å²) < 4.78 is 2.01. The standard InChI is InChI=1S/C12H11Br2NOS/c1-7-10(14)5-12(17-7)11(16)4-9-3-2-8(13)6-15-9/h2-3,5-6,11,16H,4H2,1H3. The Morgan fingerprint density at radius 3 is 2.71 bits per heavy atom. The Kier molecular flexibility index (Phi) is 4.36. The molecule has 1 unspecified atom stereocenters. The first-order valence-corrected chi connectivity index (χ1v) is 7.51. The zero-order valence-corrected chi connectivity index (χ0v) is 13.1. The molecular weight excluding hydrogens is 366 g/mol. The fourth-order valence-electron chi connectivity index (χ4n) is 1.47. The molecule has 90 valence electrons. The maximum Gasteiger partial charge on any atom is 0.0937 e. The molecule has 2 aromatic heterocycles. The first-order chi connectivity index (χ1) is 8.06. The van der Waals surface area contributed by atoms with Gasteiger partial charge in [0, 0.05) is 37.0 Å². The fraction of sp³-hybridized carbons (Fsp3) is 0.250. The third-order valence-corrected chi connectivity index (χ3v) is 5.10. The maximum absolute atomic E-state index is 10.1. The molecule has 0 amide bonds. The Balaban J connectivity index is 2.11. The molecule has 0 aliphatic heterocycles. The highest BCUT2D eigenvalue weighted by Crippen LogP contribution is 2.31. The van der Waals surface area contributed by atoms with Crippen LogP contribution in [0.2, 0.25) is 0 Å². The van der Waals surface area contributed by atoms with Crippen molar-refractivity contribution in [1.29, 1.82) is 0 Å². The van der Waals surface area contributed by atoms with E-state index in [0.29, 0.717) is 6.42 Å². The molecule has 2 nitrogen and oxygen atoms in total. The summed E-state index contributed by atoms with van der Waals surface area (Å²) >= 11 is 8.41. The number of aryl methyl sites for hydroxylation is 1. The SMILES string of the molecule is Cc1sc(C(O)Cc2ccc(Br)cn2)cc1Br. The number of aliphatic hydroxyl groups excluding tert-OH is 1. The van der Waals surface area contributed by atoms with Crippen LogP contribution in [0.3, 0.4) is 0 Å². The number of aromatic nitrogens is 1. The van der Waals surface area contributed by atoms with Crippen molar-refractivity contribution >= 4 is 43.2 Å². The van der Waals surface area contributed by atoms with Crippen LogP contribution in [0.5, 0.6) is 0 Å². The van der Waals surface area contributed by atoms with Gasteiger partial charge in [-0.3, -0.25) is 4.98 Å².